The minimum atomic E-state index is -1.41. The standard InChI is InChI=1S/C32H48N2O10/c1-18(8-11-25-19(2)14-24(21(4)43-25)33-27(36)13-10-20(3)42-22(5)35)9-12-26-29(38)32(17-41-32)16-23(44-26)15-28(37)34-31(6,7)30(39)40/h8-10,12-13,19-21,23-26,29,38H,11,14-17H2,1-7H3,(H,33,36)(H,34,37)(H,39,40). The van der Waals surface area contributed by atoms with Gasteiger partial charge in [-0.1, -0.05) is 30.7 Å². The topological polar surface area (TPSA) is 173 Å². The summed E-state index contributed by atoms with van der Waals surface area (Å²) in [5.74, 6) is -2.08. The molecule has 0 saturated carbocycles. The van der Waals surface area contributed by atoms with Crippen LogP contribution in [0.5, 0.6) is 0 Å². The molecule has 9 atom stereocenters. The molecule has 3 aliphatic rings. The lowest BCUT2D eigenvalue weighted by Gasteiger charge is -2.39. The predicted molar refractivity (Wildman–Crippen MR) is 160 cm³/mol. The quantitative estimate of drug-likeness (QED) is 0.110. The molecule has 4 N–H and O–H groups in total. The van der Waals surface area contributed by atoms with E-state index < -0.39 is 53.4 Å². The van der Waals surface area contributed by atoms with Crippen LogP contribution in [0.2, 0.25) is 0 Å². The van der Waals surface area contributed by atoms with Crippen molar-refractivity contribution >= 4 is 23.8 Å². The molecule has 3 saturated heterocycles. The number of nitrogens with one attached hydrogen (secondary N) is 2. The molecular weight excluding hydrogens is 572 g/mol. The molecule has 0 aromatic heterocycles. The Morgan fingerprint density at radius 1 is 1.14 bits per heavy atom. The van der Waals surface area contributed by atoms with Gasteiger partial charge in [-0.15, -0.1) is 0 Å². The lowest BCUT2D eigenvalue weighted by atomic mass is 9.87. The molecule has 246 valence electrons. The molecule has 3 rings (SSSR count). The summed E-state index contributed by atoms with van der Waals surface area (Å²) in [6.07, 6.45) is 7.43. The molecule has 0 aromatic rings. The second-order valence-corrected chi connectivity index (χ2v) is 12.8. The van der Waals surface area contributed by atoms with Crippen molar-refractivity contribution in [2.75, 3.05) is 6.61 Å². The molecule has 12 nitrogen and oxygen atoms in total. The number of rotatable bonds is 12. The average Bonchev–Trinajstić information content (AvgIpc) is 3.68. The molecule has 3 fully saturated rings. The lowest BCUT2D eigenvalue weighted by molar-refractivity contribution is -0.151. The molecular formula is C32H48N2O10. The molecule has 0 radical (unpaired) electrons. The van der Waals surface area contributed by atoms with Crippen LogP contribution < -0.4 is 10.6 Å². The first-order valence-corrected chi connectivity index (χ1v) is 15.2. The summed E-state index contributed by atoms with van der Waals surface area (Å²) in [6, 6.07) is -0.153. The number of carboxylic acid groups (broad SMARTS) is 1. The maximum atomic E-state index is 12.5. The summed E-state index contributed by atoms with van der Waals surface area (Å²) in [4.78, 5) is 47.3. The van der Waals surface area contributed by atoms with Crippen molar-refractivity contribution in [3.05, 3.63) is 36.0 Å². The zero-order valence-electron chi connectivity index (χ0n) is 26.7. The first kappa shape index (κ1) is 35.4. The number of hydrogen-bond donors (Lipinski definition) is 4. The van der Waals surface area contributed by atoms with Crippen LogP contribution >= 0.6 is 0 Å². The van der Waals surface area contributed by atoms with E-state index in [1.165, 1.54) is 32.9 Å². The van der Waals surface area contributed by atoms with Gasteiger partial charge in [0.2, 0.25) is 11.8 Å². The molecule has 1 spiro atoms. The Morgan fingerprint density at radius 2 is 1.82 bits per heavy atom. The Labute approximate surface area is 259 Å². The number of aliphatic hydroxyl groups is 1. The first-order chi connectivity index (χ1) is 20.5. The molecule has 0 bridgehead atoms. The van der Waals surface area contributed by atoms with E-state index in [1.54, 1.807) is 13.0 Å². The zero-order chi connectivity index (χ0) is 32.8. The number of epoxide rings is 1. The zero-order valence-corrected chi connectivity index (χ0v) is 26.7. The van der Waals surface area contributed by atoms with Gasteiger partial charge in [0.1, 0.15) is 29.5 Å². The third-order valence-electron chi connectivity index (χ3n) is 8.32. The van der Waals surface area contributed by atoms with Crippen LogP contribution in [-0.2, 0) is 38.1 Å². The average molecular weight is 621 g/mol. The summed E-state index contributed by atoms with van der Waals surface area (Å²) >= 11 is 0. The molecule has 9 unspecified atom stereocenters. The molecule has 44 heavy (non-hydrogen) atoms. The van der Waals surface area contributed by atoms with Gasteiger partial charge >= 0.3 is 11.9 Å². The fourth-order valence-electron chi connectivity index (χ4n) is 5.55. The third-order valence-corrected chi connectivity index (χ3v) is 8.32. The Balaban J connectivity index is 1.52. The van der Waals surface area contributed by atoms with Crippen LogP contribution in [0.15, 0.2) is 36.0 Å². The smallest absolute Gasteiger partial charge is 0.328 e. The maximum Gasteiger partial charge on any atom is 0.328 e. The summed E-state index contributed by atoms with van der Waals surface area (Å²) in [5, 5.41) is 25.7. The van der Waals surface area contributed by atoms with Crippen LogP contribution in [0, 0.1) is 5.92 Å². The van der Waals surface area contributed by atoms with Crippen molar-refractivity contribution < 1.29 is 48.3 Å². The number of hydrogen-bond acceptors (Lipinski definition) is 9. The van der Waals surface area contributed by atoms with Gasteiger partial charge in [0, 0.05) is 19.4 Å². The van der Waals surface area contributed by atoms with E-state index in [4.69, 9.17) is 18.9 Å². The molecule has 0 aliphatic carbocycles. The Morgan fingerprint density at radius 3 is 2.43 bits per heavy atom. The Bertz CT molecular complexity index is 1160. The highest BCUT2D eigenvalue weighted by Gasteiger charge is 2.58. The van der Waals surface area contributed by atoms with Gasteiger partial charge in [-0.05, 0) is 59.5 Å². The highest BCUT2D eigenvalue weighted by molar-refractivity contribution is 5.88. The van der Waals surface area contributed by atoms with Crippen LogP contribution in [0.3, 0.4) is 0 Å². The summed E-state index contributed by atoms with van der Waals surface area (Å²) in [5.41, 5.74) is -1.22. The van der Waals surface area contributed by atoms with Crippen molar-refractivity contribution in [2.24, 2.45) is 5.92 Å². The fraction of sp³-hybridized carbons (Fsp3) is 0.688. The second kappa shape index (κ2) is 14.8. The SMILES string of the molecule is CC(=O)OC(C)C=CC(=O)NC1CC(C)C(CC=C(C)C=CC2OC(CC(=O)NC(C)(C)C(=O)O)CC3(CO3)C2O)OC1C. The van der Waals surface area contributed by atoms with Crippen LogP contribution in [0.4, 0.5) is 0 Å². The number of esters is 1. The third kappa shape index (κ3) is 9.98. The van der Waals surface area contributed by atoms with E-state index in [9.17, 15) is 29.4 Å². The van der Waals surface area contributed by atoms with E-state index in [0.717, 1.165) is 12.0 Å². The van der Waals surface area contributed by atoms with E-state index in [0.29, 0.717) is 19.4 Å². The largest absolute Gasteiger partial charge is 0.480 e. The fourth-order valence-corrected chi connectivity index (χ4v) is 5.55. The van der Waals surface area contributed by atoms with Gasteiger partial charge in [-0.25, -0.2) is 4.79 Å². The van der Waals surface area contributed by atoms with Gasteiger partial charge in [-0.3, -0.25) is 14.4 Å². The highest BCUT2D eigenvalue weighted by Crippen LogP contribution is 2.43. The monoisotopic (exact) mass is 620 g/mol. The summed E-state index contributed by atoms with van der Waals surface area (Å²) in [7, 11) is 0. The Kier molecular flexibility index (Phi) is 11.9. The number of aliphatic hydroxyl groups excluding tert-OH is 1. The highest BCUT2D eigenvalue weighted by atomic mass is 16.6. The van der Waals surface area contributed by atoms with E-state index >= 15 is 0 Å². The molecule has 3 heterocycles. The summed E-state index contributed by atoms with van der Waals surface area (Å²) < 4.78 is 22.9. The minimum absolute atomic E-state index is 0.0429. The Hall–Kier alpha value is -3.06. The minimum Gasteiger partial charge on any atom is -0.480 e. The van der Waals surface area contributed by atoms with Crippen molar-refractivity contribution in [3.63, 3.8) is 0 Å². The van der Waals surface area contributed by atoms with Crippen LogP contribution in [-0.4, -0.2) is 94.4 Å². The van der Waals surface area contributed by atoms with E-state index in [1.807, 2.05) is 19.9 Å². The van der Waals surface area contributed by atoms with E-state index in [2.05, 4.69) is 23.6 Å². The number of carbonyl (C=O) groups is 4. The maximum absolute atomic E-state index is 12.5. The van der Waals surface area contributed by atoms with Crippen molar-refractivity contribution in [1.82, 2.24) is 10.6 Å². The van der Waals surface area contributed by atoms with Crippen molar-refractivity contribution in [3.8, 4) is 0 Å². The van der Waals surface area contributed by atoms with Gasteiger partial charge in [0.05, 0.1) is 37.4 Å². The van der Waals surface area contributed by atoms with Gasteiger partial charge in [0.25, 0.3) is 0 Å². The number of aliphatic carboxylic acids is 1. The lowest BCUT2D eigenvalue weighted by Crippen LogP contribution is -2.53. The number of allylic oxidation sites excluding steroid dienone is 2. The van der Waals surface area contributed by atoms with Crippen LogP contribution in [0.25, 0.3) is 0 Å². The number of carbonyl (C=O) groups excluding carboxylic acids is 3. The number of carboxylic acids is 1. The first-order valence-electron chi connectivity index (χ1n) is 15.2. The number of ether oxygens (including phenoxy) is 4. The number of amides is 2. The van der Waals surface area contributed by atoms with Crippen molar-refractivity contribution in [1.29, 1.82) is 0 Å². The van der Waals surface area contributed by atoms with Gasteiger partial charge in [0.15, 0.2) is 0 Å². The molecule has 3 aliphatic heterocycles. The van der Waals surface area contributed by atoms with Gasteiger partial charge < -0.3 is 39.8 Å². The second-order valence-electron chi connectivity index (χ2n) is 12.8. The predicted octanol–water partition coefficient (Wildman–Crippen LogP) is 2.34. The normalized spacial score (nSPS) is 33.3. The van der Waals surface area contributed by atoms with Gasteiger partial charge in [-0.2, -0.15) is 0 Å². The van der Waals surface area contributed by atoms with E-state index in [-0.39, 0.29) is 36.5 Å². The summed E-state index contributed by atoms with van der Waals surface area (Å²) in [6.45, 7) is 12.2. The molecule has 0 aromatic carbocycles. The van der Waals surface area contributed by atoms with Crippen molar-refractivity contribution in [2.45, 2.75) is 128 Å². The molecule has 12 heteroatoms. The van der Waals surface area contributed by atoms with Crippen LogP contribution in [0.1, 0.15) is 74.1 Å². The molecule has 2 amide bonds.